The summed E-state index contributed by atoms with van der Waals surface area (Å²) >= 11 is 5.96. The molecule has 1 aromatic heterocycles. The van der Waals surface area contributed by atoms with Gasteiger partial charge in [-0.25, -0.2) is 0 Å². The first-order valence-electron chi connectivity index (χ1n) is 7.94. The molecule has 1 aromatic carbocycles. The van der Waals surface area contributed by atoms with E-state index in [2.05, 4.69) is 20.6 Å². The van der Waals surface area contributed by atoms with E-state index in [0.717, 1.165) is 30.4 Å². The summed E-state index contributed by atoms with van der Waals surface area (Å²) in [5.41, 5.74) is 1.05. The Morgan fingerprint density at radius 1 is 1.25 bits per heavy atom. The third-order valence-electron chi connectivity index (χ3n) is 3.31. The van der Waals surface area contributed by atoms with Crippen LogP contribution in [0.2, 0.25) is 5.02 Å². The molecule has 1 heterocycles. The Morgan fingerprint density at radius 3 is 2.83 bits per heavy atom. The average Bonchev–Trinajstić information content (AvgIpc) is 2.59. The molecule has 2 N–H and O–H groups in total. The van der Waals surface area contributed by atoms with Crippen LogP contribution in [-0.2, 0) is 6.42 Å². The predicted octanol–water partition coefficient (Wildman–Crippen LogP) is 2.91. The second kappa shape index (κ2) is 9.78. The van der Waals surface area contributed by atoms with Gasteiger partial charge in [0, 0.05) is 36.9 Å². The molecule has 0 radical (unpaired) electrons. The number of hydrogen-bond donors (Lipinski definition) is 2. The topological polar surface area (TPSA) is 58.5 Å². The summed E-state index contributed by atoms with van der Waals surface area (Å²) in [6, 6.07) is 13.3. The number of nitrogens with one attached hydrogen (secondary N) is 2. The fourth-order valence-electron chi connectivity index (χ4n) is 2.13. The summed E-state index contributed by atoms with van der Waals surface area (Å²) in [4.78, 5) is 8.51. The normalized spacial score (nSPS) is 12.5. The highest BCUT2D eigenvalue weighted by Crippen LogP contribution is 2.18. The van der Waals surface area contributed by atoms with Gasteiger partial charge in [0.1, 0.15) is 11.9 Å². The van der Waals surface area contributed by atoms with Crippen molar-refractivity contribution in [3.8, 4) is 5.75 Å². The van der Waals surface area contributed by atoms with Crippen molar-refractivity contribution in [2.24, 2.45) is 4.99 Å². The summed E-state index contributed by atoms with van der Waals surface area (Å²) in [5.74, 6) is 1.50. The van der Waals surface area contributed by atoms with Gasteiger partial charge in [-0.3, -0.25) is 9.98 Å². The zero-order valence-electron chi connectivity index (χ0n) is 14.0. The van der Waals surface area contributed by atoms with Gasteiger partial charge in [0.05, 0.1) is 6.54 Å². The van der Waals surface area contributed by atoms with Crippen molar-refractivity contribution in [1.29, 1.82) is 0 Å². The van der Waals surface area contributed by atoms with E-state index in [1.165, 1.54) is 0 Å². The summed E-state index contributed by atoms with van der Waals surface area (Å²) in [7, 11) is 1.75. The third-order valence-corrected chi connectivity index (χ3v) is 3.55. The lowest BCUT2D eigenvalue weighted by atomic mass is 10.3. The Kier molecular flexibility index (Phi) is 7.36. The van der Waals surface area contributed by atoms with Crippen LogP contribution in [0.15, 0.2) is 53.7 Å². The number of hydrogen-bond acceptors (Lipinski definition) is 3. The van der Waals surface area contributed by atoms with Crippen molar-refractivity contribution in [1.82, 2.24) is 15.6 Å². The van der Waals surface area contributed by atoms with Crippen molar-refractivity contribution >= 4 is 17.6 Å². The molecule has 0 saturated heterocycles. The number of rotatable bonds is 7. The van der Waals surface area contributed by atoms with E-state index >= 15 is 0 Å². The van der Waals surface area contributed by atoms with Gasteiger partial charge in [-0.05, 0) is 37.3 Å². The number of aliphatic imine (C=N–C) groups is 1. The molecule has 0 spiro atoms. The quantitative estimate of drug-likeness (QED) is 0.598. The van der Waals surface area contributed by atoms with Gasteiger partial charge >= 0.3 is 0 Å². The first kappa shape index (κ1) is 18.1. The van der Waals surface area contributed by atoms with E-state index in [1.807, 2.05) is 43.3 Å². The van der Waals surface area contributed by atoms with Gasteiger partial charge in [0.15, 0.2) is 5.96 Å². The van der Waals surface area contributed by atoms with Crippen molar-refractivity contribution in [2.45, 2.75) is 19.4 Å². The molecule has 24 heavy (non-hydrogen) atoms. The Labute approximate surface area is 148 Å². The maximum absolute atomic E-state index is 5.96. The molecule has 0 aliphatic heterocycles. The molecule has 0 amide bonds. The van der Waals surface area contributed by atoms with E-state index in [4.69, 9.17) is 16.3 Å². The zero-order valence-corrected chi connectivity index (χ0v) is 14.8. The standard InChI is InChI=1S/C18H23ClN4O/c1-14(24-17-8-5-6-15(19)12-17)13-23-18(20-2)22-11-9-16-7-3-4-10-21-16/h3-8,10,12,14H,9,11,13H2,1-2H3,(H2,20,22,23). The van der Waals surface area contributed by atoms with E-state index in [-0.39, 0.29) is 6.10 Å². The summed E-state index contributed by atoms with van der Waals surface area (Å²) in [5, 5.41) is 7.19. The number of nitrogens with zero attached hydrogens (tertiary/aromatic N) is 2. The minimum atomic E-state index is -0.0159. The number of benzene rings is 1. The Balaban J connectivity index is 1.70. The molecule has 1 unspecified atom stereocenters. The molecule has 6 heteroatoms. The van der Waals surface area contributed by atoms with Crippen molar-refractivity contribution in [3.05, 3.63) is 59.4 Å². The SMILES string of the molecule is CN=C(NCCc1ccccn1)NCC(C)Oc1cccc(Cl)c1. The van der Waals surface area contributed by atoms with Crippen LogP contribution >= 0.6 is 11.6 Å². The number of halogens is 1. The fourth-order valence-corrected chi connectivity index (χ4v) is 2.31. The van der Waals surface area contributed by atoms with Crippen LogP contribution in [-0.4, -0.2) is 37.2 Å². The second-order valence-corrected chi connectivity index (χ2v) is 5.77. The van der Waals surface area contributed by atoms with Gasteiger partial charge in [-0.1, -0.05) is 23.7 Å². The van der Waals surface area contributed by atoms with Gasteiger partial charge < -0.3 is 15.4 Å². The van der Waals surface area contributed by atoms with Crippen LogP contribution in [0.3, 0.4) is 0 Å². The summed E-state index contributed by atoms with van der Waals surface area (Å²) in [6.07, 6.45) is 2.63. The number of guanidine groups is 1. The molecule has 5 nitrogen and oxygen atoms in total. The van der Waals surface area contributed by atoms with Crippen LogP contribution in [0.1, 0.15) is 12.6 Å². The van der Waals surface area contributed by atoms with Crippen molar-refractivity contribution in [3.63, 3.8) is 0 Å². The molecule has 0 saturated carbocycles. The zero-order chi connectivity index (χ0) is 17.2. The summed E-state index contributed by atoms with van der Waals surface area (Å²) < 4.78 is 5.82. The van der Waals surface area contributed by atoms with Crippen LogP contribution in [0.5, 0.6) is 5.75 Å². The van der Waals surface area contributed by atoms with Crippen LogP contribution in [0, 0.1) is 0 Å². The molecule has 2 aromatic rings. The number of pyridine rings is 1. The summed E-state index contributed by atoms with van der Waals surface area (Å²) in [6.45, 7) is 3.39. The lowest BCUT2D eigenvalue weighted by molar-refractivity contribution is 0.224. The molecular formula is C18H23ClN4O. The third kappa shape index (κ3) is 6.46. The van der Waals surface area contributed by atoms with Crippen molar-refractivity contribution in [2.75, 3.05) is 20.1 Å². The molecule has 1 atom stereocenters. The predicted molar refractivity (Wildman–Crippen MR) is 98.8 cm³/mol. The monoisotopic (exact) mass is 346 g/mol. The minimum Gasteiger partial charge on any atom is -0.489 e. The van der Waals surface area contributed by atoms with Gasteiger partial charge in [0.2, 0.25) is 0 Å². The lowest BCUT2D eigenvalue weighted by Gasteiger charge is -2.17. The second-order valence-electron chi connectivity index (χ2n) is 5.34. The van der Waals surface area contributed by atoms with Gasteiger partial charge in [-0.15, -0.1) is 0 Å². The maximum Gasteiger partial charge on any atom is 0.191 e. The number of ether oxygens (including phenoxy) is 1. The van der Waals surface area contributed by atoms with E-state index in [9.17, 15) is 0 Å². The van der Waals surface area contributed by atoms with Crippen LogP contribution in [0.25, 0.3) is 0 Å². The molecule has 0 aliphatic carbocycles. The fraction of sp³-hybridized carbons (Fsp3) is 0.333. The number of aromatic nitrogens is 1. The lowest BCUT2D eigenvalue weighted by Crippen LogP contribution is -2.42. The molecular weight excluding hydrogens is 324 g/mol. The van der Waals surface area contributed by atoms with Gasteiger partial charge in [0.25, 0.3) is 0 Å². The van der Waals surface area contributed by atoms with E-state index in [1.54, 1.807) is 19.3 Å². The minimum absolute atomic E-state index is 0.0159. The Morgan fingerprint density at radius 2 is 2.12 bits per heavy atom. The largest absolute Gasteiger partial charge is 0.489 e. The first-order valence-corrected chi connectivity index (χ1v) is 8.32. The molecule has 0 aliphatic rings. The maximum atomic E-state index is 5.96. The molecule has 2 rings (SSSR count). The van der Waals surface area contributed by atoms with Crippen LogP contribution < -0.4 is 15.4 Å². The average molecular weight is 347 g/mol. The highest BCUT2D eigenvalue weighted by Gasteiger charge is 2.06. The first-order chi connectivity index (χ1) is 11.7. The highest BCUT2D eigenvalue weighted by molar-refractivity contribution is 6.30. The van der Waals surface area contributed by atoms with E-state index < -0.39 is 0 Å². The van der Waals surface area contributed by atoms with Gasteiger partial charge in [-0.2, -0.15) is 0 Å². The Bertz CT molecular complexity index is 648. The molecule has 0 bridgehead atoms. The molecule has 0 fully saturated rings. The van der Waals surface area contributed by atoms with Crippen LogP contribution in [0.4, 0.5) is 0 Å². The highest BCUT2D eigenvalue weighted by atomic mass is 35.5. The molecule has 128 valence electrons. The Hall–Kier alpha value is -2.27. The van der Waals surface area contributed by atoms with E-state index in [0.29, 0.717) is 11.6 Å². The smallest absolute Gasteiger partial charge is 0.191 e. The van der Waals surface area contributed by atoms with Crippen molar-refractivity contribution < 1.29 is 4.74 Å².